The third-order valence-electron chi connectivity index (χ3n) is 3.16. The van der Waals surface area contributed by atoms with E-state index in [2.05, 4.69) is 9.97 Å². The van der Waals surface area contributed by atoms with Crippen molar-refractivity contribution in [2.45, 2.75) is 37.6 Å². The minimum atomic E-state index is -1.59. The lowest BCUT2D eigenvalue weighted by Gasteiger charge is -2.40. The number of aromatic nitrogens is 3. The predicted molar refractivity (Wildman–Crippen MR) is 64.5 cm³/mol. The SMILES string of the molecule is Cc1nc(N)nc(=O)n1C1OC(CO)C(O)C(O)C1O. The molecule has 1 aromatic rings. The fraction of sp³-hybridized carbons (Fsp3) is 0.700. The molecule has 0 bridgehead atoms. The highest BCUT2D eigenvalue weighted by Gasteiger charge is 2.45. The van der Waals surface area contributed by atoms with Gasteiger partial charge in [0, 0.05) is 0 Å². The van der Waals surface area contributed by atoms with E-state index in [0.29, 0.717) is 0 Å². The molecule has 1 fully saturated rings. The Morgan fingerprint density at radius 2 is 1.90 bits per heavy atom. The number of rotatable bonds is 2. The van der Waals surface area contributed by atoms with Gasteiger partial charge in [-0.1, -0.05) is 0 Å². The fourth-order valence-electron chi connectivity index (χ4n) is 2.12. The summed E-state index contributed by atoms with van der Waals surface area (Å²) in [5.41, 5.74) is 4.51. The van der Waals surface area contributed by atoms with E-state index in [9.17, 15) is 20.1 Å². The summed E-state index contributed by atoms with van der Waals surface area (Å²) in [6.45, 7) is 0.853. The number of aliphatic hydroxyl groups is 4. The number of ether oxygens (including phenoxy) is 1. The van der Waals surface area contributed by atoms with E-state index in [-0.39, 0.29) is 11.8 Å². The molecule has 0 aromatic carbocycles. The van der Waals surface area contributed by atoms with Crippen molar-refractivity contribution in [2.24, 2.45) is 0 Å². The van der Waals surface area contributed by atoms with E-state index < -0.39 is 42.9 Å². The normalized spacial score (nSPS) is 34.1. The summed E-state index contributed by atoms with van der Waals surface area (Å²) in [5, 5.41) is 38.4. The summed E-state index contributed by atoms with van der Waals surface area (Å²) < 4.78 is 6.15. The van der Waals surface area contributed by atoms with E-state index in [1.807, 2.05) is 0 Å². The Kier molecular flexibility index (Phi) is 4.01. The zero-order chi connectivity index (χ0) is 15.0. The molecule has 0 radical (unpaired) electrons. The van der Waals surface area contributed by atoms with Crippen molar-refractivity contribution in [1.82, 2.24) is 14.5 Å². The topological polar surface area (TPSA) is 164 Å². The number of nitrogens with zero attached hydrogens (tertiary/aromatic N) is 3. The molecule has 0 amide bonds. The number of hydrogen-bond acceptors (Lipinski definition) is 9. The first-order chi connectivity index (χ1) is 9.36. The molecule has 0 aliphatic carbocycles. The van der Waals surface area contributed by atoms with E-state index >= 15 is 0 Å². The Labute approximate surface area is 113 Å². The van der Waals surface area contributed by atoms with Gasteiger partial charge in [-0.2, -0.15) is 9.97 Å². The zero-order valence-corrected chi connectivity index (χ0v) is 10.6. The summed E-state index contributed by atoms with van der Waals surface area (Å²) in [7, 11) is 0. The van der Waals surface area contributed by atoms with Crippen LogP contribution in [0.1, 0.15) is 12.1 Å². The van der Waals surface area contributed by atoms with Gasteiger partial charge in [0.15, 0.2) is 6.23 Å². The van der Waals surface area contributed by atoms with Crippen molar-refractivity contribution in [3.05, 3.63) is 16.3 Å². The highest BCUT2D eigenvalue weighted by Crippen LogP contribution is 2.27. The molecule has 20 heavy (non-hydrogen) atoms. The Morgan fingerprint density at radius 1 is 1.25 bits per heavy atom. The van der Waals surface area contributed by atoms with Crippen LogP contribution in [0.3, 0.4) is 0 Å². The molecule has 1 aromatic heterocycles. The molecule has 112 valence electrons. The largest absolute Gasteiger partial charge is 0.394 e. The molecule has 1 aliphatic heterocycles. The second-order valence-corrected chi connectivity index (χ2v) is 4.50. The van der Waals surface area contributed by atoms with Crippen LogP contribution in [0.4, 0.5) is 5.95 Å². The average molecular weight is 288 g/mol. The molecule has 0 spiro atoms. The quantitative estimate of drug-likeness (QED) is 0.371. The van der Waals surface area contributed by atoms with Gasteiger partial charge in [-0.15, -0.1) is 0 Å². The molecule has 0 saturated carbocycles. The summed E-state index contributed by atoms with van der Waals surface area (Å²) in [6, 6.07) is 0. The van der Waals surface area contributed by atoms with E-state index in [4.69, 9.17) is 15.6 Å². The van der Waals surface area contributed by atoms with Crippen molar-refractivity contribution in [1.29, 1.82) is 0 Å². The average Bonchev–Trinajstić information content (AvgIpc) is 2.37. The number of aryl methyl sites for hydroxylation is 1. The maximum atomic E-state index is 11.8. The molecule has 10 heteroatoms. The van der Waals surface area contributed by atoms with E-state index in [1.165, 1.54) is 6.92 Å². The second kappa shape index (κ2) is 5.42. The highest BCUT2D eigenvalue weighted by atomic mass is 16.6. The number of nitrogens with two attached hydrogens (primary N) is 1. The maximum Gasteiger partial charge on any atom is 0.354 e. The highest BCUT2D eigenvalue weighted by molar-refractivity contribution is 5.13. The van der Waals surface area contributed by atoms with Crippen LogP contribution in [0.5, 0.6) is 0 Å². The summed E-state index contributed by atoms with van der Waals surface area (Å²) >= 11 is 0. The van der Waals surface area contributed by atoms with Crippen molar-refractivity contribution in [3.63, 3.8) is 0 Å². The summed E-state index contributed by atoms with van der Waals surface area (Å²) in [6.07, 6.45) is -7.14. The zero-order valence-electron chi connectivity index (χ0n) is 10.6. The molecular weight excluding hydrogens is 272 g/mol. The van der Waals surface area contributed by atoms with Gasteiger partial charge >= 0.3 is 5.69 Å². The molecule has 10 nitrogen and oxygen atoms in total. The first-order valence-electron chi connectivity index (χ1n) is 5.90. The molecule has 2 rings (SSSR count). The summed E-state index contributed by atoms with van der Waals surface area (Å²) in [4.78, 5) is 19.0. The fourth-order valence-corrected chi connectivity index (χ4v) is 2.12. The first kappa shape index (κ1) is 14.8. The molecule has 5 unspecified atom stereocenters. The number of nitrogen functional groups attached to an aromatic ring is 1. The van der Waals surface area contributed by atoms with Crippen LogP contribution in [0, 0.1) is 6.92 Å². The first-order valence-corrected chi connectivity index (χ1v) is 5.90. The lowest BCUT2D eigenvalue weighted by Crippen LogP contribution is -2.58. The predicted octanol–water partition coefficient (Wildman–Crippen LogP) is -3.50. The van der Waals surface area contributed by atoms with Gasteiger partial charge in [0.25, 0.3) is 0 Å². The van der Waals surface area contributed by atoms with Crippen LogP contribution in [0.25, 0.3) is 0 Å². The smallest absolute Gasteiger partial charge is 0.354 e. The van der Waals surface area contributed by atoms with E-state index in [0.717, 1.165) is 4.57 Å². The van der Waals surface area contributed by atoms with Gasteiger partial charge < -0.3 is 30.9 Å². The summed E-state index contributed by atoms with van der Waals surface area (Å²) in [5.74, 6) is -0.111. The van der Waals surface area contributed by atoms with Crippen LogP contribution in [0.15, 0.2) is 4.79 Å². The Bertz CT molecular complexity index is 547. The second-order valence-electron chi connectivity index (χ2n) is 4.50. The number of hydrogen-bond donors (Lipinski definition) is 5. The van der Waals surface area contributed by atoms with Gasteiger partial charge in [0.05, 0.1) is 6.61 Å². The lowest BCUT2D eigenvalue weighted by atomic mass is 9.98. The van der Waals surface area contributed by atoms with E-state index in [1.54, 1.807) is 0 Å². The van der Waals surface area contributed by atoms with Gasteiger partial charge in [-0.3, -0.25) is 4.57 Å². The van der Waals surface area contributed by atoms with Crippen molar-refractivity contribution in [3.8, 4) is 0 Å². The van der Waals surface area contributed by atoms with Gasteiger partial charge in [0.1, 0.15) is 30.2 Å². The number of aliphatic hydroxyl groups excluding tert-OH is 4. The Balaban J connectivity index is 2.44. The van der Waals surface area contributed by atoms with Gasteiger partial charge in [-0.25, -0.2) is 4.79 Å². The molecule has 2 heterocycles. The standard InChI is InChI=1S/C10H16N4O6/c1-3-12-9(11)13-10(19)14(3)8-7(18)6(17)5(16)4(2-15)20-8/h4-8,15-18H,2H2,1H3,(H2,11,13,19). The van der Waals surface area contributed by atoms with Gasteiger partial charge in [-0.05, 0) is 6.92 Å². The van der Waals surface area contributed by atoms with Crippen LogP contribution < -0.4 is 11.4 Å². The maximum absolute atomic E-state index is 11.8. The third kappa shape index (κ3) is 2.39. The number of anilines is 1. The van der Waals surface area contributed by atoms with Crippen molar-refractivity contribution >= 4 is 5.95 Å². The lowest BCUT2D eigenvalue weighted by molar-refractivity contribution is -0.252. The molecule has 6 N–H and O–H groups in total. The van der Waals surface area contributed by atoms with Gasteiger partial charge in [0.2, 0.25) is 5.95 Å². The van der Waals surface area contributed by atoms with Crippen LogP contribution in [-0.2, 0) is 4.74 Å². The minimum absolute atomic E-state index is 0.117. The van der Waals surface area contributed by atoms with Crippen LogP contribution >= 0.6 is 0 Å². The Morgan fingerprint density at radius 3 is 2.45 bits per heavy atom. The van der Waals surface area contributed by atoms with Crippen LogP contribution in [0.2, 0.25) is 0 Å². The Hall–Kier alpha value is -1.59. The van der Waals surface area contributed by atoms with Crippen molar-refractivity contribution in [2.75, 3.05) is 12.3 Å². The van der Waals surface area contributed by atoms with Crippen molar-refractivity contribution < 1.29 is 25.2 Å². The van der Waals surface area contributed by atoms with Crippen LogP contribution in [-0.4, -0.2) is 66.0 Å². The monoisotopic (exact) mass is 288 g/mol. The third-order valence-corrected chi connectivity index (χ3v) is 3.16. The molecule has 1 saturated heterocycles. The molecular formula is C10H16N4O6. The molecule has 1 aliphatic rings. The minimum Gasteiger partial charge on any atom is -0.394 e. The molecule has 5 atom stereocenters.